The van der Waals surface area contributed by atoms with Gasteiger partial charge < -0.3 is 9.47 Å². The number of ether oxygens (including phenoxy) is 2. The number of aromatic nitrogens is 4. The van der Waals surface area contributed by atoms with Crippen molar-refractivity contribution >= 4 is 11.8 Å². The van der Waals surface area contributed by atoms with Crippen molar-refractivity contribution in [2.75, 3.05) is 6.61 Å². The molecule has 1 aromatic heterocycles. The molecule has 0 spiro atoms. The summed E-state index contributed by atoms with van der Waals surface area (Å²) in [4.78, 5) is 25.3. The monoisotopic (exact) mass is 380 g/mol. The number of hydrogen-bond acceptors (Lipinski definition) is 7. The van der Waals surface area contributed by atoms with Gasteiger partial charge in [-0.2, -0.15) is 4.80 Å². The predicted octanol–water partition coefficient (Wildman–Crippen LogP) is 0.328. The van der Waals surface area contributed by atoms with Gasteiger partial charge in [-0.25, -0.2) is 0 Å². The Morgan fingerprint density at radius 2 is 1.79 bits per heavy atom. The minimum atomic E-state index is -0.871. The number of fused-ring (bicyclic) bond motifs is 1. The van der Waals surface area contributed by atoms with Crippen LogP contribution in [0.5, 0.6) is 11.5 Å². The first-order valence-corrected chi connectivity index (χ1v) is 8.49. The molecule has 10 nitrogen and oxygen atoms in total. The SMILES string of the molecule is O=C(Cn1nnc(-c2ccccc2)n1)NNC(=O)[C@@H]1COc2ccccc2O1. The number of benzene rings is 2. The van der Waals surface area contributed by atoms with E-state index in [9.17, 15) is 9.59 Å². The third kappa shape index (κ3) is 3.90. The number of hydrazine groups is 1. The maximum absolute atomic E-state index is 12.2. The zero-order valence-electron chi connectivity index (χ0n) is 14.6. The van der Waals surface area contributed by atoms with Gasteiger partial charge in [0.05, 0.1) is 0 Å². The van der Waals surface area contributed by atoms with Gasteiger partial charge in [0.1, 0.15) is 13.2 Å². The van der Waals surface area contributed by atoms with E-state index in [4.69, 9.17) is 9.47 Å². The van der Waals surface area contributed by atoms with Gasteiger partial charge in [0, 0.05) is 5.56 Å². The zero-order valence-corrected chi connectivity index (χ0v) is 14.6. The average Bonchev–Trinajstić information content (AvgIpc) is 3.20. The minimum Gasteiger partial charge on any atom is -0.485 e. The number of rotatable bonds is 4. The molecule has 0 bridgehead atoms. The fourth-order valence-corrected chi connectivity index (χ4v) is 2.54. The molecular weight excluding hydrogens is 364 g/mol. The number of hydrogen-bond donors (Lipinski definition) is 2. The number of nitrogens with one attached hydrogen (secondary N) is 2. The quantitative estimate of drug-likeness (QED) is 0.626. The molecule has 0 aliphatic carbocycles. The summed E-state index contributed by atoms with van der Waals surface area (Å²) >= 11 is 0. The lowest BCUT2D eigenvalue weighted by Crippen LogP contribution is -2.51. The maximum Gasteiger partial charge on any atom is 0.283 e. The molecule has 2 heterocycles. The van der Waals surface area contributed by atoms with Crippen LogP contribution in [0.3, 0.4) is 0 Å². The van der Waals surface area contributed by atoms with Gasteiger partial charge in [-0.15, -0.1) is 10.2 Å². The third-order valence-electron chi connectivity index (χ3n) is 3.90. The van der Waals surface area contributed by atoms with Crippen molar-refractivity contribution in [2.45, 2.75) is 12.6 Å². The maximum atomic E-state index is 12.2. The molecule has 0 fully saturated rings. The van der Waals surface area contributed by atoms with Crippen LogP contribution in [0, 0.1) is 0 Å². The zero-order chi connectivity index (χ0) is 19.3. The van der Waals surface area contributed by atoms with E-state index in [1.54, 1.807) is 18.2 Å². The average molecular weight is 380 g/mol. The second kappa shape index (κ2) is 7.74. The van der Waals surface area contributed by atoms with E-state index in [1.165, 1.54) is 0 Å². The molecule has 10 heteroatoms. The molecule has 0 saturated carbocycles. The number of carbonyl (C=O) groups excluding carboxylic acids is 2. The Balaban J connectivity index is 1.28. The normalized spacial score (nSPS) is 14.9. The standard InChI is InChI=1S/C18H16N6O4/c25-16(10-24-22-17(20-23-24)12-6-2-1-3-7-12)19-21-18(26)15-11-27-13-8-4-5-9-14(13)28-15/h1-9,15H,10-11H2,(H,19,25)(H,21,26)/t15-/m0/s1. The Labute approximate surface area is 159 Å². The molecule has 3 aromatic rings. The second-order valence-electron chi connectivity index (χ2n) is 5.91. The van der Waals surface area contributed by atoms with Crippen LogP contribution in [-0.2, 0) is 16.1 Å². The number of amides is 2. The molecule has 1 aliphatic rings. The summed E-state index contributed by atoms with van der Waals surface area (Å²) in [7, 11) is 0. The van der Waals surface area contributed by atoms with E-state index in [2.05, 4.69) is 26.3 Å². The van der Waals surface area contributed by atoms with Crippen molar-refractivity contribution in [2.24, 2.45) is 0 Å². The van der Waals surface area contributed by atoms with Crippen LogP contribution in [0.25, 0.3) is 11.4 Å². The van der Waals surface area contributed by atoms with Gasteiger partial charge in [-0.05, 0) is 17.3 Å². The molecule has 1 aliphatic heterocycles. The van der Waals surface area contributed by atoms with E-state index < -0.39 is 17.9 Å². The van der Waals surface area contributed by atoms with Crippen molar-refractivity contribution in [1.29, 1.82) is 0 Å². The fourth-order valence-electron chi connectivity index (χ4n) is 2.54. The summed E-state index contributed by atoms with van der Waals surface area (Å²) in [5.41, 5.74) is 5.40. The summed E-state index contributed by atoms with van der Waals surface area (Å²) in [6.45, 7) is -0.158. The highest BCUT2D eigenvalue weighted by Gasteiger charge is 2.27. The lowest BCUT2D eigenvalue weighted by molar-refractivity contribution is -0.135. The van der Waals surface area contributed by atoms with Crippen LogP contribution in [0.4, 0.5) is 0 Å². The van der Waals surface area contributed by atoms with Crippen LogP contribution >= 0.6 is 0 Å². The number of tetrazole rings is 1. The highest BCUT2D eigenvalue weighted by Crippen LogP contribution is 2.30. The molecule has 2 amide bonds. The van der Waals surface area contributed by atoms with Gasteiger partial charge in [0.2, 0.25) is 11.9 Å². The number of nitrogens with zero attached hydrogens (tertiary/aromatic N) is 4. The highest BCUT2D eigenvalue weighted by molar-refractivity contribution is 5.85. The van der Waals surface area contributed by atoms with Crippen molar-refractivity contribution in [1.82, 2.24) is 31.1 Å². The summed E-state index contributed by atoms with van der Waals surface area (Å²) in [5, 5.41) is 11.9. The van der Waals surface area contributed by atoms with Crippen molar-refractivity contribution in [3.05, 3.63) is 54.6 Å². The largest absolute Gasteiger partial charge is 0.485 e. The smallest absolute Gasteiger partial charge is 0.283 e. The first-order valence-electron chi connectivity index (χ1n) is 8.49. The molecule has 0 radical (unpaired) electrons. The van der Waals surface area contributed by atoms with E-state index in [0.717, 1.165) is 10.4 Å². The van der Waals surface area contributed by atoms with Crippen LogP contribution < -0.4 is 20.3 Å². The third-order valence-corrected chi connectivity index (χ3v) is 3.90. The number of para-hydroxylation sites is 2. The van der Waals surface area contributed by atoms with Crippen LogP contribution in [0.2, 0.25) is 0 Å². The fraction of sp³-hybridized carbons (Fsp3) is 0.167. The molecule has 1 atom stereocenters. The Kier molecular flexibility index (Phi) is 4.83. The number of carbonyl (C=O) groups is 2. The van der Waals surface area contributed by atoms with Crippen LogP contribution in [0.15, 0.2) is 54.6 Å². The van der Waals surface area contributed by atoms with Crippen molar-refractivity contribution in [3.63, 3.8) is 0 Å². The van der Waals surface area contributed by atoms with Crippen molar-refractivity contribution < 1.29 is 19.1 Å². The van der Waals surface area contributed by atoms with Gasteiger partial charge >= 0.3 is 0 Å². The lowest BCUT2D eigenvalue weighted by atomic mass is 10.2. The predicted molar refractivity (Wildman–Crippen MR) is 95.9 cm³/mol. The Morgan fingerprint density at radius 1 is 1.04 bits per heavy atom. The Morgan fingerprint density at radius 3 is 2.61 bits per heavy atom. The highest BCUT2D eigenvalue weighted by atomic mass is 16.6. The van der Waals surface area contributed by atoms with Crippen LogP contribution in [0.1, 0.15) is 0 Å². The van der Waals surface area contributed by atoms with Gasteiger partial charge in [0.15, 0.2) is 11.5 Å². The summed E-state index contributed by atoms with van der Waals surface area (Å²) in [6, 6.07) is 16.3. The van der Waals surface area contributed by atoms with Gasteiger partial charge in [0.25, 0.3) is 11.8 Å². The molecule has 2 aromatic carbocycles. The van der Waals surface area contributed by atoms with E-state index in [0.29, 0.717) is 17.3 Å². The summed E-state index contributed by atoms with van der Waals surface area (Å²) < 4.78 is 11.0. The topological polar surface area (TPSA) is 120 Å². The lowest BCUT2D eigenvalue weighted by Gasteiger charge is -2.25. The second-order valence-corrected chi connectivity index (χ2v) is 5.91. The molecule has 142 valence electrons. The molecule has 28 heavy (non-hydrogen) atoms. The summed E-state index contributed by atoms with van der Waals surface area (Å²) in [6.07, 6.45) is -0.871. The van der Waals surface area contributed by atoms with E-state index in [1.807, 2.05) is 36.4 Å². The van der Waals surface area contributed by atoms with Gasteiger partial charge in [-0.3, -0.25) is 20.4 Å². The van der Waals surface area contributed by atoms with E-state index >= 15 is 0 Å². The minimum absolute atomic E-state index is 0.0454. The van der Waals surface area contributed by atoms with E-state index in [-0.39, 0.29) is 13.2 Å². The Bertz CT molecular complexity index is 991. The molecule has 2 N–H and O–H groups in total. The van der Waals surface area contributed by atoms with Gasteiger partial charge in [-0.1, -0.05) is 42.5 Å². The molecular formula is C18H16N6O4. The Hall–Kier alpha value is -3.95. The first-order chi connectivity index (χ1) is 13.7. The molecule has 0 unspecified atom stereocenters. The van der Waals surface area contributed by atoms with Crippen molar-refractivity contribution in [3.8, 4) is 22.9 Å². The first kappa shape index (κ1) is 17.5. The van der Waals surface area contributed by atoms with Crippen LogP contribution in [-0.4, -0.2) is 44.7 Å². The molecule has 0 saturated heterocycles. The molecule has 4 rings (SSSR count). The summed E-state index contributed by atoms with van der Waals surface area (Å²) in [5.74, 6) is 0.410.